The summed E-state index contributed by atoms with van der Waals surface area (Å²) in [5, 5.41) is 5.42. The van der Waals surface area contributed by atoms with Gasteiger partial charge in [-0.15, -0.1) is 11.8 Å². The van der Waals surface area contributed by atoms with Gasteiger partial charge in [-0.1, -0.05) is 43.3 Å². The largest absolute Gasteiger partial charge is 0.325 e. The van der Waals surface area contributed by atoms with E-state index in [1.165, 1.54) is 30.0 Å². The maximum absolute atomic E-state index is 13.8. The van der Waals surface area contributed by atoms with Gasteiger partial charge in [0.05, 0.1) is 10.8 Å². The minimum absolute atomic E-state index is 0.0155. The molecular weight excluding hydrogens is 411 g/mol. The average molecular weight is 437 g/mol. The van der Waals surface area contributed by atoms with Crippen LogP contribution in [0.4, 0.5) is 15.8 Å². The van der Waals surface area contributed by atoms with Crippen LogP contribution in [-0.2, 0) is 11.2 Å². The molecule has 6 heteroatoms. The molecule has 0 spiro atoms. The van der Waals surface area contributed by atoms with Gasteiger partial charge in [0.15, 0.2) is 0 Å². The van der Waals surface area contributed by atoms with E-state index < -0.39 is 11.7 Å². The molecule has 2 amide bonds. The summed E-state index contributed by atoms with van der Waals surface area (Å²) in [5.74, 6) is -1.18. The molecule has 3 rings (SSSR count). The molecule has 0 saturated heterocycles. The van der Waals surface area contributed by atoms with E-state index in [9.17, 15) is 14.0 Å². The number of hydrogen-bond acceptors (Lipinski definition) is 3. The van der Waals surface area contributed by atoms with E-state index >= 15 is 0 Å². The van der Waals surface area contributed by atoms with Crippen molar-refractivity contribution in [2.24, 2.45) is 0 Å². The van der Waals surface area contributed by atoms with Crippen molar-refractivity contribution in [1.29, 1.82) is 0 Å². The Hall–Kier alpha value is -3.12. The molecule has 160 valence electrons. The molecule has 0 aliphatic heterocycles. The first-order valence-corrected chi connectivity index (χ1v) is 11.0. The lowest BCUT2D eigenvalue weighted by Gasteiger charge is -2.16. The Kier molecular flexibility index (Phi) is 7.47. The standard InChI is InChI=1S/C25H25FN2O2S/c1-4-18-10-7-9-16(2)23(18)28-24(29)17(3)31-20-12-8-11-19(15-20)27-25(30)21-13-5-6-14-22(21)26/h5-15,17H,4H2,1-3H3,(H,27,30)(H,28,29). The predicted molar refractivity (Wildman–Crippen MR) is 125 cm³/mol. The van der Waals surface area contributed by atoms with Crippen LogP contribution in [0.15, 0.2) is 71.6 Å². The summed E-state index contributed by atoms with van der Waals surface area (Å²) in [6, 6.07) is 19.0. The van der Waals surface area contributed by atoms with Gasteiger partial charge in [-0.3, -0.25) is 9.59 Å². The molecule has 1 atom stereocenters. The van der Waals surface area contributed by atoms with Gasteiger partial charge in [-0.25, -0.2) is 4.39 Å². The molecule has 0 heterocycles. The van der Waals surface area contributed by atoms with Crippen LogP contribution >= 0.6 is 11.8 Å². The van der Waals surface area contributed by atoms with Crippen LogP contribution in [0, 0.1) is 12.7 Å². The van der Waals surface area contributed by atoms with Crippen LogP contribution in [0.5, 0.6) is 0 Å². The Balaban J connectivity index is 1.67. The van der Waals surface area contributed by atoms with E-state index in [1.807, 2.05) is 38.1 Å². The lowest BCUT2D eigenvalue weighted by atomic mass is 10.1. The van der Waals surface area contributed by atoms with Gasteiger partial charge in [0.1, 0.15) is 5.82 Å². The maximum atomic E-state index is 13.8. The second kappa shape index (κ2) is 10.3. The second-order valence-corrected chi connectivity index (χ2v) is 8.59. The summed E-state index contributed by atoms with van der Waals surface area (Å²) >= 11 is 1.39. The third kappa shape index (κ3) is 5.73. The Labute approximate surface area is 186 Å². The van der Waals surface area contributed by atoms with Crippen molar-refractivity contribution < 1.29 is 14.0 Å². The van der Waals surface area contributed by atoms with E-state index in [0.29, 0.717) is 5.69 Å². The van der Waals surface area contributed by atoms with Crippen LogP contribution < -0.4 is 10.6 Å². The summed E-state index contributed by atoms with van der Waals surface area (Å²) in [6.07, 6.45) is 0.836. The van der Waals surface area contributed by atoms with Gasteiger partial charge >= 0.3 is 0 Å². The third-order valence-corrected chi connectivity index (χ3v) is 5.97. The van der Waals surface area contributed by atoms with Crippen LogP contribution in [0.3, 0.4) is 0 Å². The van der Waals surface area contributed by atoms with E-state index in [2.05, 4.69) is 17.6 Å². The first kappa shape index (κ1) is 22.6. The molecule has 31 heavy (non-hydrogen) atoms. The molecule has 0 saturated carbocycles. The van der Waals surface area contributed by atoms with E-state index in [-0.39, 0.29) is 16.7 Å². The molecule has 4 nitrogen and oxygen atoms in total. The van der Waals surface area contributed by atoms with Crippen LogP contribution in [0.1, 0.15) is 35.3 Å². The molecule has 3 aromatic carbocycles. The van der Waals surface area contributed by atoms with Crippen molar-refractivity contribution >= 4 is 35.0 Å². The van der Waals surface area contributed by atoms with Crippen molar-refractivity contribution in [3.05, 3.63) is 89.2 Å². The summed E-state index contributed by atoms with van der Waals surface area (Å²) < 4.78 is 13.8. The summed E-state index contributed by atoms with van der Waals surface area (Å²) in [5.41, 5.74) is 3.52. The number of aryl methyl sites for hydroxylation is 2. The normalized spacial score (nSPS) is 11.6. The first-order valence-electron chi connectivity index (χ1n) is 10.1. The van der Waals surface area contributed by atoms with E-state index in [4.69, 9.17) is 0 Å². The highest BCUT2D eigenvalue weighted by atomic mass is 32.2. The van der Waals surface area contributed by atoms with Crippen molar-refractivity contribution in [3.63, 3.8) is 0 Å². The van der Waals surface area contributed by atoms with Gasteiger partial charge in [-0.05, 0) is 61.7 Å². The highest BCUT2D eigenvalue weighted by Gasteiger charge is 2.17. The Bertz CT molecular complexity index is 1100. The zero-order valence-corrected chi connectivity index (χ0v) is 18.6. The minimum atomic E-state index is -0.571. The number of anilines is 2. The number of benzene rings is 3. The van der Waals surface area contributed by atoms with Crippen molar-refractivity contribution in [2.45, 2.75) is 37.3 Å². The zero-order chi connectivity index (χ0) is 22.4. The van der Waals surface area contributed by atoms with Gasteiger partial charge in [-0.2, -0.15) is 0 Å². The predicted octanol–water partition coefficient (Wildman–Crippen LogP) is 6.07. The minimum Gasteiger partial charge on any atom is -0.325 e. The second-order valence-electron chi connectivity index (χ2n) is 7.17. The van der Waals surface area contributed by atoms with Crippen LogP contribution in [-0.4, -0.2) is 17.1 Å². The van der Waals surface area contributed by atoms with E-state index in [1.54, 1.807) is 24.3 Å². The van der Waals surface area contributed by atoms with Gasteiger partial charge in [0.25, 0.3) is 5.91 Å². The fourth-order valence-electron chi connectivity index (χ4n) is 3.18. The third-order valence-electron chi connectivity index (χ3n) is 4.88. The number of para-hydroxylation sites is 1. The number of hydrogen-bond donors (Lipinski definition) is 2. The molecule has 0 aromatic heterocycles. The molecule has 0 radical (unpaired) electrons. The SMILES string of the molecule is CCc1cccc(C)c1NC(=O)C(C)Sc1cccc(NC(=O)c2ccccc2F)c1. The lowest BCUT2D eigenvalue weighted by molar-refractivity contribution is -0.115. The molecule has 0 bridgehead atoms. The maximum Gasteiger partial charge on any atom is 0.258 e. The van der Waals surface area contributed by atoms with Gasteiger partial charge in [0, 0.05) is 16.3 Å². The summed E-state index contributed by atoms with van der Waals surface area (Å²) in [4.78, 5) is 26.0. The number of rotatable bonds is 7. The molecule has 1 unspecified atom stereocenters. The summed E-state index contributed by atoms with van der Waals surface area (Å²) in [7, 11) is 0. The molecule has 2 N–H and O–H groups in total. The summed E-state index contributed by atoms with van der Waals surface area (Å²) in [6.45, 7) is 5.88. The van der Waals surface area contributed by atoms with Gasteiger partial charge < -0.3 is 10.6 Å². The molecule has 3 aromatic rings. The average Bonchev–Trinajstić information content (AvgIpc) is 2.75. The first-order chi connectivity index (χ1) is 14.9. The Morgan fingerprint density at radius 2 is 1.74 bits per heavy atom. The molecular formula is C25H25FN2O2S. The number of carbonyl (C=O) groups is 2. The van der Waals surface area contributed by atoms with Crippen molar-refractivity contribution in [3.8, 4) is 0 Å². The molecule has 0 aliphatic rings. The highest BCUT2D eigenvalue weighted by molar-refractivity contribution is 8.00. The Morgan fingerprint density at radius 3 is 2.48 bits per heavy atom. The van der Waals surface area contributed by atoms with Crippen molar-refractivity contribution in [2.75, 3.05) is 10.6 Å². The molecule has 0 fully saturated rings. The van der Waals surface area contributed by atoms with E-state index in [0.717, 1.165) is 28.1 Å². The highest BCUT2D eigenvalue weighted by Crippen LogP contribution is 2.28. The Morgan fingerprint density at radius 1 is 1.00 bits per heavy atom. The number of thioether (sulfide) groups is 1. The molecule has 0 aliphatic carbocycles. The topological polar surface area (TPSA) is 58.2 Å². The zero-order valence-electron chi connectivity index (χ0n) is 17.7. The monoisotopic (exact) mass is 436 g/mol. The quantitative estimate of drug-likeness (QED) is 0.442. The lowest BCUT2D eigenvalue weighted by Crippen LogP contribution is -2.23. The smallest absolute Gasteiger partial charge is 0.258 e. The number of halogens is 1. The van der Waals surface area contributed by atoms with Gasteiger partial charge in [0.2, 0.25) is 5.91 Å². The van der Waals surface area contributed by atoms with Crippen LogP contribution in [0.25, 0.3) is 0 Å². The van der Waals surface area contributed by atoms with Crippen LogP contribution in [0.2, 0.25) is 0 Å². The van der Waals surface area contributed by atoms with Crippen molar-refractivity contribution in [1.82, 2.24) is 0 Å². The fraction of sp³-hybridized carbons (Fsp3) is 0.200. The fourth-order valence-corrected chi connectivity index (χ4v) is 4.10. The number of nitrogens with one attached hydrogen (secondary N) is 2. The number of carbonyl (C=O) groups excluding carboxylic acids is 2. The number of amides is 2.